The lowest BCUT2D eigenvalue weighted by molar-refractivity contribution is -0.192. The van der Waals surface area contributed by atoms with Gasteiger partial charge in [-0.3, -0.25) is 4.90 Å². The zero-order valence-electron chi connectivity index (χ0n) is 18.7. The van der Waals surface area contributed by atoms with Crippen LogP contribution in [0.2, 0.25) is 8.67 Å². The number of carbonyl (C=O) groups is 2. The minimum atomic E-state index is -5.08. The van der Waals surface area contributed by atoms with Crippen LogP contribution in [0.15, 0.2) is 29.2 Å². The molecule has 1 aromatic carbocycles. The first-order valence-electron chi connectivity index (χ1n) is 10.0. The van der Waals surface area contributed by atoms with Gasteiger partial charge in [-0.25, -0.2) is 18.0 Å². The average molecular weight is 612 g/mol. The number of hydrogen-bond donors (Lipinski definition) is 4. The van der Waals surface area contributed by atoms with Crippen LogP contribution in [-0.4, -0.2) is 91.3 Å². The maximum Gasteiger partial charge on any atom is 0.490 e. The third-order valence-electron chi connectivity index (χ3n) is 4.31. The van der Waals surface area contributed by atoms with E-state index in [-0.39, 0.29) is 44.5 Å². The number of benzene rings is 1. The van der Waals surface area contributed by atoms with Crippen LogP contribution in [0.3, 0.4) is 0 Å². The lowest BCUT2D eigenvalue weighted by Crippen LogP contribution is -2.33. The quantitative estimate of drug-likeness (QED) is 0.278. The fraction of sp³-hybridized carbons (Fsp3) is 0.400. The van der Waals surface area contributed by atoms with Crippen molar-refractivity contribution in [3.8, 4) is 5.75 Å². The number of aromatic hydroxyl groups is 1. The van der Waals surface area contributed by atoms with Gasteiger partial charge in [0.2, 0.25) is 0 Å². The van der Waals surface area contributed by atoms with E-state index < -0.39 is 39.5 Å². The van der Waals surface area contributed by atoms with E-state index in [0.29, 0.717) is 19.6 Å². The molecule has 0 radical (unpaired) electrons. The summed E-state index contributed by atoms with van der Waals surface area (Å²) in [6.07, 6.45) is -5.08. The lowest BCUT2D eigenvalue weighted by Gasteiger charge is -2.19. The smallest absolute Gasteiger partial charge is 0.490 e. The van der Waals surface area contributed by atoms with Crippen molar-refractivity contribution in [2.75, 3.05) is 39.5 Å². The summed E-state index contributed by atoms with van der Waals surface area (Å²) >= 11 is 12.7. The Balaban J connectivity index is 0.000000856. The van der Waals surface area contributed by atoms with E-state index in [1.54, 1.807) is 4.90 Å². The van der Waals surface area contributed by atoms with Gasteiger partial charge in [-0.05, 0) is 23.8 Å². The Morgan fingerprint density at radius 3 is 2.05 bits per heavy atom. The molecular weight excluding hydrogens is 590 g/mol. The molecule has 0 fully saturated rings. The molecule has 17 heteroatoms. The van der Waals surface area contributed by atoms with Gasteiger partial charge in [0.1, 0.15) is 22.3 Å². The molecule has 1 heterocycles. The molecule has 4 N–H and O–H groups in total. The predicted octanol–water partition coefficient (Wildman–Crippen LogP) is 2.81. The monoisotopic (exact) mass is 611 g/mol. The molecule has 0 spiro atoms. The molecule has 2 rings (SSSR count). The SMILES string of the molecule is O=C(O)C(F)(F)F.O=C(OCCN(CCO)CCO)c1ccc(CS(=O)(=O)c2cc(Cl)sc2Cl)cc1O. The van der Waals surface area contributed by atoms with Crippen LogP contribution in [-0.2, 0) is 25.1 Å². The van der Waals surface area contributed by atoms with Gasteiger partial charge in [0.25, 0.3) is 0 Å². The number of esters is 1. The second-order valence-electron chi connectivity index (χ2n) is 7.03. The van der Waals surface area contributed by atoms with Crippen molar-refractivity contribution in [2.45, 2.75) is 16.8 Å². The van der Waals surface area contributed by atoms with Crippen LogP contribution in [0.1, 0.15) is 15.9 Å². The van der Waals surface area contributed by atoms with Crippen molar-refractivity contribution in [3.05, 3.63) is 44.1 Å². The van der Waals surface area contributed by atoms with Crippen molar-refractivity contribution in [1.82, 2.24) is 4.90 Å². The van der Waals surface area contributed by atoms with Crippen LogP contribution in [0.25, 0.3) is 0 Å². The summed E-state index contributed by atoms with van der Waals surface area (Å²) in [4.78, 5) is 22.7. The lowest BCUT2D eigenvalue weighted by atomic mass is 10.1. The predicted molar refractivity (Wildman–Crippen MR) is 128 cm³/mol. The van der Waals surface area contributed by atoms with Gasteiger partial charge >= 0.3 is 18.1 Å². The molecule has 1 aromatic heterocycles. The van der Waals surface area contributed by atoms with Crippen molar-refractivity contribution < 1.29 is 56.3 Å². The number of aliphatic hydroxyl groups is 2. The van der Waals surface area contributed by atoms with E-state index in [9.17, 15) is 31.5 Å². The standard InChI is InChI=1S/C18H21Cl2NO7S2.C2HF3O2/c19-16-10-15(17(20)29-16)30(26,27)11-12-1-2-13(14(24)9-12)18(25)28-8-5-21(3-6-22)4-7-23;3-2(4,5)1(6)7/h1-2,9-10,22-24H,3-8,11H2;(H,6,7). The highest BCUT2D eigenvalue weighted by atomic mass is 35.5. The average Bonchev–Trinajstić information content (AvgIpc) is 3.12. The van der Waals surface area contributed by atoms with Crippen LogP contribution in [0.4, 0.5) is 13.2 Å². The maximum atomic E-state index is 12.5. The molecule has 0 aliphatic heterocycles. The summed E-state index contributed by atoms with van der Waals surface area (Å²) in [5.74, 6) is -4.38. The second kappa shape index (κ2) is 14.7. The van der Waals surface area contributed by atoms with Gasteiger partial charge in [0.05, 0.1) is 28.2 Å². The largest absolute Gasteiger partial charge is 0.507 e. The molecule has 0 unspecified atom stereocenters. The first kappa shape index (κ1) is 32.9. The number of nitrogens with zero attached hydrogens (tertiary/aromatic N) is 1. The summed E-state index contributed by atoms with van der Waals surface area (Å²) in [6, 6.07) is 5.13. The Morgan fingerprint density at radius 1 is 1.05 bits per heavy atom. The molecule has 37 heavy (non-hydrogen) atoms. The number of thiophene rings is 1. The van der Waals surface area contributed by atoms with Gasteiger partial charge < -0.3 is 25.2 Å². The molecule has 0 saturated heterocycles. The number of carbonyl (C=O) groups excluding carboxylic acids is 1. The Labute approximate surface area is 223 Å². The van der Waals surface area contributed by atoms with Crippen LogP contribution < -0.4 is 0 Å². The Bertz CT molecular complexity index is 1170. The molecule has 0 atom stereocenters. The molecule has 0 bridgehead atoms. The summed E-state index contributed by atoms with van der Waals surface area (Å²) < 4.78 is 62.2. The van der Waals surface area contributed by atoms with Crippen molar-refractivity contribution >= 4 is 56.3 Å². The molecular formula is C20H22Cl2F3NO9S2. The zero-order valence-corrected chi connectivity index (χ0v) is 21.9. The molecule has 0 aliphatic rings. The number of halogens is 5. The third kappa shape index (κ3) is 11.0. The van der Waals surface area contributed by atoms with Crippen molar-refractivity contribution in [2.24, 2.45) is 0 Å². The van der Waals surface area contributed by atoms with Crippen LogP contribution >= 0.6 is 34.5 Å². The summed E-state index contributed by atoms with van der Waals surface area (Å²) in [7, 11) is -3.79. The van der Waals surface area contributed by atoms with Crippen molar-refractivity contribution in [3.63, 3.8) is 0 Å². The van der Waals surface area contributed by atoms with Crippen molar-refractivity contribution in [1.29, 1.82) is 0 Å². The molecule has 10 nitrogen and oxygen atoms in total. The highest BCUT2D eigenvalue weighted by Crippen LogP contribution is 2.36. The van der Waals surface area contributed by atoms with Gasteiger partial charge in [-0.2, -0.15) is 13.2 Å². The minimum Gasteiger partial charge on any atom is -0.507 e. The number of hydrogen-bond acceptors (Lipinski definition) is 10. The Hall–Kier alpha value is -2.14. The highest BCUT2D eigenvalue weighted by molar-refractivity contribution is 7.91. The van der Waals surface area contributed by atoms with E-state index in [1.165, 1.54) is 24.3 Å². The second-order valence-corrected chi connectivity index (χ2v) is 11.3. The first-order valence-corrected chi connectivity index (χ1v) is 13.3. The van der Waals surface area contributed by atoms with Crippen LogP contribution in [0, 0.1) is 0 Å². The van der Waals surface area contributed by atoms with Gasteiger partial charge in [-0.1, -0.05) is 29.3 Å². The Morgan fingerprint density at radius 2 is 1.62 bits per heavy atom. The number of aliphatic hydroxyl groups excluding tert-OH is 2. The highest BCUT2D eigenvalue weighted by Gasteiger charge is 2.38. The van der Waals surface area contributed by atoms with E-state index in [4.69, 9.17) is 48.1 Å². The van der Waals surface area contributed by atoms with Crippen LogP contribution in [0.5, 0.6) is 5.75 Å². The minimum absolute atomic E-state index is 0.00812. The zero-order chi connectivity index (χ0) is 28.4. The van der Waals surface area contributed by atoms with E-state index in [2.05, 4.69) is 0 Å². The number of carboxylic acid groups (broad SMARTS) is 1. The van der Waals surface area contributed by atoms with Gasteiger partial charge in [-0.15, -0.1) is 11.3 Å². The number of rotatable bonds is 11. The fourth-order valence-corrected chi connectivity index (χ4v) is 6.22. The molecule has 2 aromatic rings. The summed E-state index contributed by atoms with van der Waals surface area (Å²) in [5.41, 5.74) is 0.156. The van der Waals surface area contributed by atoms with E-state index >= 15 is 0 Å². The fourth-order valence-electron chi connectivity index (χ4n) is 2.64. The van der Waals surface area contributed by atoms with E-state index in [0.717, 1.165) is 11.3 Å². The number of sulfone groups is 1. The normalized spacial score (nSPS) is 11.7. The molecule has 0 saturated carbocycles. The third-order valence-corrected chi connectivity index (χ3v) is 7.75. The number of ether oxygens (including phenoxy) is 1. The summed E-state index contributed by atoms with van der Waals surface area (Å²) in [5, 5.41) is 35.2. The Kier molecular flexibility index (Phi) is 13.1. The number of phenolic OH excluding ortho intramolecular Hbond substituents is 1. The number of alkyl halides is 3. The van der Waals surface area contributed by atoms with E-state index in [1.807, 2.05) is 0 Å². The molecule has 0 amide bonds. The van der Waals surface area contributed by atoms with Gasteiger partial charge in [0, 0.05) is 19.6 Å². The number of phenols is 1. The topological polar surface area (TPSA) is 162 Å². The maximum absolute atomic E-state index is 12.5. The number of aliphatic carboxylic acids is 1. The van der Waals surface area contributed by atoms with Gasteiger partial charge in [0.15, 0.2) is 9.84 Å². The molecule has 208 valence electrons. The molecule has 0 aliphatic carbocycles. The number of carboxylic acids is 1. The summed E-state index contributed by atoms with van der Waals surface area (Å²) in [6.45, 7) is 0.751. The first-order chi connectivity index (χ1) is 17.1.